The summed E-state index contributed by atoms with van der Waals surface area (Å²) in [5, 5.41) is 30.3. The zero-order chi connectivity index (χ0) is 21.3. The third-order valence-electron chi connectivity index (χ3n) is 5.44. The summed E-state index contributed by atoms with van der Waals surface area (Å²) in [6.45, 7) is 1.33. The van der Waals surface area contributed by atoms with Crippen molar-refractivity contribution in [3.8, 4) is 11.8 Å². The third kappa shape index (κ3) is 3.21. The van der Waals surface area contributed by atoms with Gasteiger partial charge in [-0.05, 0) is 19.1 Å². The normalized spacial score (nSPS) is 25.8. The van der Waals surface area contributed by atoms with Gasteiger partial charge in [0.25, 0.3) is 0 Å². The van der Waals surface area contributed by atoms with Crippen LogP contribution < -0.4 is 5.48 Å². The Morgan fingerprint density at radius 1 is 1.27 bits per heavy atom. The number of fused-ring (bicyclic) bond motifs is 1. The average Bonchev–Trinajstić information content (AvgIpc) is 3.28. The molecule has 0 radical (unpaired) electrons. The second kappa shape index (κ2) is 8.02. The lowest BCUT2D eigenvalue weighted by Crippen LogP contribution is -2.46. The van der Waals surface area contributed by atoms with E-state index in [-0.39, 0.29) is 12.4 Å². The van der Waals surface area contributed by atoms with Crippen LogP contribution in [-0.4, -0.2) is 61.5 Å². The first kappa shape index (κ1) is 20.3. The molecule has 4 N–H and O–H groups in total. The largest absolute Gasteiger partial charge is 0.394 e. The van der Waals surface area contributed by atoms with Gasteiger partial charge in [0.2, 0.25) is 0 Å². The lowest BCUT2D eigenvalue weighted by molar-refractivity contribution is -0.118. The molecule has 1 saturated heterocycles. The first-order valence-corrected chi connectivity index (χ1v) is 9.35. The van der Waals surface area contributed by atoms with Gasteiger partial charge in [-0.2, -0.15) is 0 Å². The number of nitrogens with one attached hydrogen (secondary N) is 1. The molecule has 0 spiro atoms. The fourth-order valence-electron chi connectivity index (χ4n) is 3.70. The van der Waals surface area contributed by atoms with Gasteiger partial charge in [-0.15, -0.1) is 0 Å². The van der Waals surface area contributed by atoms with Gasteiger partial charge in [-0.25, -0.2) is 9.97 Å². The molecule has 0 saturated carbocycles. The summed E-state index contributed by atoms with van der Waals surface area (Å²) in [6, 6.07) is 9.47. The molecular weight excluding hydrogens is 388 g/mol. The van der Waals surface area contributed by atoms with Gasteiger partial charge >= 0.3 is 0 Å². The van der Waals surface area contributed by atoms with E-state index in [4.69, 9.17) is 9.47 Å². The molecule has 4 atom stereocenters. The third-order valence-corrected chi connectivity index (χ3v) is 5.44. The quantitative estimate of drug-likeness (QED) is 0.375. The molecule has 1 aliphatic heterocycles. The molecule has 9 nitrogen and oxygen atoms in total. The van der Waals surface area contributed by atoms with E-state index in [1.54, 1.807) is 17.7 Å². The maximum absolute atomic E-state index is 10.6. The second-order valence-corrected chi connectivity index (χ2v) is 7.14. The highest BCUT2D eigenvalue weighted by atomic mass is 16.6. The number of hydrogen-bond acceptors (Lipinski definition) is 8. The number of anilines is 1. The topological polar surface area (TPSA) is 122 Å². The van der Waals surface area contributed by atoms with Gasteiger partial charge in [-0.3, -0.25) is 10.7 Å². The van der Waals surface area contributed by atoms with Gasteiger partial charge in [0.15, 0.2) is 12.0 Å². The minimum absolute atomic E-state index is 0.187. The predicted molar refractivity (Wildman–Crippen MR) is 108 cm³/mol. The van der Waals surface area contributed by atoms with Crippen LogP contribution in [-0.2, 0) is 9.47 Å². The Balaban J connectivity index is 1.89. The number of aliphatic hydroxyl groups excluding tert-OH is 2. The molecule has 156 valence electrons. The van der Waals surface area contributed by atoms with Crippen LogP contribution in [0.1, 0.15) is 24.3 Å². The van der Waals surface area contributed by atoms with Crippen LogP contribution >= 0.6 is 0 Å². The van der Waals surface area contributed by atoms with Crippen LogP contribution in [0.3, 0.4) is 0 Å². The van der Waals surface area contributed by atoms with E-state index in [0.717, 1.165) is 5.56 Å². The molecule has 4 rings (SSSR count). The minimum atomic E-state index is -1.15. The molecule has 3 unspecified atom stereocenters. The zero-order valence-electron chi connectivity index (χ0n) is 16.5. The van der Waals surface area contributed by atoms with Crippen molar-refractivity contribution in [1.29, 1.82) is 0 Å². The summed E-state index contributed by atoms with van der Waals surface area (Å²) in [4.78, 5) is 8.41. The summed E-state index contributed by atoms with van der Waals surface area (Å²) in [7, 11) is 1.47. The molecule has 1 fully saturated rings. The lowest BCUT2D eigenvalue weighted by atomic mass is 9.96. The number of aromatic nitrogens is 3. The molecule has 0 aliphatic carbocycles. The molecule has 3 heterocycles. The average molecular weight is 410 g/mol. The molecule has 30 heavy (non-hydrogen) atoms. The van der Waals surface area contributed by atoms with Gasteiger partial charge < -0.3 is 24.3 Å². The molecule has 1 aliphatic rings. The maximum Gasteiger partial charge on any atom is 0.167 e. The number of ether oxygens (including phenoxy) is 2. The first-order chi connectivity index (χ1) is 14.5. The van der Waals surface area contributed by atoms with Crippen molar-refractivity contribution in [1.82, 2.24) is 14.5 Å². The monoisotopic (exact) mass is 410 g/mol. The highest BCUT2D eigenvalue weighted by Crippen LogP contribution is 2.43. The molecule has 2 aromatic heterocycles. The van der Waals surface area contributed by atoms with Crippen LogP contribution in [0.15, 0.2) is 42.9 Å². The first-order valence-electron chi connectivity index (χ1n) is 9.35. The van der Waals surface area contributed by atoms with E-state index < -0.39 is 24.0 Å². The van der Waals surface area contributed by atoms with E-state index in [1.165, 1.54) is 13.4 Å². The van der Waals surface area contributed by atoms with Gasteiger partial charge in [0.1, 0.15) is 29.8 Å². The van der Waals surface area contributed by atoms with E-state index in [9.17, 15) is 15.4 Å². The Bertz CT molecular complexity index is 1110. The molecule has 0 amide bonds. The van der Waals surface area contributed by atoms with Crippen LogP contribution in [0.2, 0.25) is 0 Å². The van der Waals surface area contributed by atoms with Crippen molar-refractivity contribution in [2.24, 2.45) is 0 Å². The summed E-state index contributed by atoms with van der Waals surface area (Å²) < 4.78 is 13.2. The summed E-state index contributed by atoms with van der Waals surface area (Å²) in [5.74, 6) is 6.36. The van der Waals surface area contributed by atoms with E-state index >= 15 is 0 Å². The zero-order valence-corrected chi connectivity index (χ0v) is 16.5. The smallest absolute Gasteiger partial charge is 0.167 e. The number of aliphatic hydroxyl groups is 2. The Labute approximate surface area is 172 Å². The minimum Gasteiger partial charge on any atom is -0.394 e. The summed E-state index contributed by atoms with van der Waals surface area (Å²) in [5.41, 5.74) is 2.73. The van der Waals surface area contributed by atoms with Crippen LogP contribution in [0.4, 0.5) is 5.82 Å². The Morgan fingerprint density at radius 3 is 2.70 bits per heavy atom. The standard InChI is InChI=1S/C21H22N4O5/c1-21(29-2)17(27)15(11-26)30-20(21)25-10-14(9-8-13-6-4-3-5-7-13)16-18(24-28)22-12-23-19(16)25/h3-7,10,12,15,17,20,26-28H,11H2,1-2H3,(H,22,23,24)/t15?,17?,20-,21?/m1/s1. The molecule has 3 aromatic rings. The second-order valence-electron chi connectivity index (χ2n) is 7.14. The number of benzene rings is 1. The van der Waals surface area contributed by atoms with Crippen molar-refractivity contribution in [3.63, 3.8) is 0 Å². The number of nitrogens with zero attached hydrogens (tertiary/aromatic N) is 3. The van der Waals surface area contributed by atoms with Crippen molar-refractivity contribution < 1.29 is 24.9 Å². The number of rotatable bonds is 4. The summed E-state index contributed by atoms with van der Waals surface area (Å²) in [6.07, 6.45) is 0.320. The predicted octanol–water partition coefficient (Wildman–Crippen LogP) is 1.29. The highest BCUT2D eigenvalue weighted by molar-refractivity contribution is 5.93. The van der Waals surface area contributed by atoms with Gasteiger partial charge in [0, 0.05) is 18.9 Å². The van der Waals surface area contributed by atoms with Gasteiger partial charge in [-0.1, -0.05) is 30.0 Å². The van der Waals surface area contributed by atoms with E-state index in [1.807, 2.05) is 30.3 Å². The lowest BCUT2D eigenvalue weighted by Gasteiger charge is -2.31. The Kier molecular flexibility index (Phi) is 5.42. The van der Waals surface area contributed by atoms with Crippen molar-refractivity contribution in [2.75, 3.05) is 19.2 Å². The van der Waals surface area contributed by atoms with Crippen LogP contribution in [0.25, 0.3) is 11.0 Å². The van der Waals surface area contributed by atoms with Crippen molar-refractivity contribution >= 4 is 16.9 Å². The van der Waals surface area contributed by atoms with Crippen LogP contribution in [0.5, 0.6) is 0 Å². The molecule has 0 bridgehead atoms. The number of methoxy groups -OCH3 is 1. The summed E-state index contributed by atoms with van der Waals surface area (Å²) >= 11 is 0. The highest BCUT2D eigenvalue weighted by Gasteiger charge is 2.54. The molecule has 1 aromatic carbocycles. The van der Waals surface area contributed by atoms with Crippen LogP contribution in [0, 0.1) is 11.8 Å². The SMILES string of the molecule is COC1(C)C(O)C(CO)O[C@H]1n1cc(C#Cc2ccccc2)c2c(NO)ncnc21. The number of hydrogen-bond donors (Lipinski definition) is 4. The Hall–Kier alpha value is -3.00. The Morgan fingerprint density at radius 2 is 2.03 bits per heavy atom. The maximum atomic E-state index is 10.6. The van der Waals surface area contributed by atoms with Gasteiger partial charge in [0.05, 0.1) is 17.6 Å². The van der Waals surface area contributed by atoms with E-state index in [2.05, 4.69) is 27.3 Å². The fraction of sp³-hybridized carbons (Fsp3) is 0.333. The van der Waals surface area contributed by atoms with E-state index in [0.29, 0.717) is 16.6 Å². The molecular formula is C21H22N4O5. The van der Waals surface area contributed by atoms with Crippen molar-refractivity contribution in [3.05, 3.63) is 54.0 Å². The molecule has 9 heteroatoms. The fourth-order valence-corrected chi connectivity index (χ4v) is 3.70. The van der Waals surface area contributed by atoms with Crippen molar-refractivity contribution in [2.45, 2.75) is 31.0 Å².